The molecule has 0 aliphatic carbocycles. The Morgan fingerprint density at radius 3 is 2.30 bits per heavy atom. The fourth-order valence-electron chi connectivity index (χ4n) is 2.87. The van der Waals surface area contributed by atoms with Gasteiger partial charge in [-0.3, -0.25) is 9.59 Å². The molecule has 0 fully saturated rings. The van der Waals surface area contributed by atoms with Crippen LogP contribution in [0.1, 0.15) is 49.5 Å². The molecular weight excluding hydrogens is 338 g/mol. The number of anilines is 3. The molecule has 0 aromatic heterocycles. The molecule has 144 valence electrons. The quantitative estimate of drug-likeness (QED) is 0.702. The highest BCUT2D eigenvalue weighted by molar-refractivity contribution is 6.05. The van der Waals surface area contributed by atoms with Gasteiger partial charge in [0.25, 0.3) is 5.91 Å². The Hall–Kier alpha value is -2.82. The molecular formula is C22H29N3O2. The van der Waals surface area contributed by atoms with Crippen LogP contribution in [-0.4, -0.2) is 24.9 Å². The van der Waals surface area contributed by atoms with E-state index in [0.29, 0.717) is 16.9 Å². The predicted molar refractivity (Wildman–Crippen MR) is 113 cm³/mol. The van der Waals surface area contributed by atoms with E-state index in [2.05, 4.69) is 29.4 Å². The first kappa shape index (κ1) is 20.5. The van der Waals surface area contributed by atoms with E-state index < -0.39 is 0 Å². The van der Waals surface area contributed by atoms with Gasteiger partial charge in [-0.2, -0.15) is 0 Å². The number of unbranched alkanes of at least 4 members (excludes halogenated alkanes) is 1. The van der Waals surface area contributed by atoms with E-state index in [9.17, 15) is 9.59 Å². The summed E-state index contributed by atoms with van der Waals surface area (Å²) in [6, 6.07) is 13.2. The highest BCUT2D eigenvalue weighted by Gasteiger charge is 2.10. The van der Waals surface area contributed by atoms with Gasteiger partial charge >= 0.3 is 0 Å². The number of hydrogen-bond acceptors (Lipinski definition) is 3. The highest BCUT2D eigenvalue weighted by Crippen LogP contribution is 2.22. The molecule has 0 saturated heterocycles. The Bertz CT molecular complexity index is 785. The number of hydrogen-bond donors (Lipinski definition) is 2. The van der Waals surface area contributed by atoms with Crippen molar-refractivity contribution in [1.29, 1.82) is 0 Å². The molecule has 2 rings (SSSR count). The molecule has 0 saturated carbocycles. The first-order valence-electron chi connectivity index (χ1n) is 9.49. The van der Waals surface area contributed by atoms with Crippen molar-refractivity contribution in [3.63, 3.8) is 0 Å². The normalized spacial score (nSPS) is 10.4. The number of carbonyl (C=O) groups excluding carboxylic acids is 2. The lowest BCUT2D eigenvalue weighted by atomic mass is 10.1. The van der Waals surface area contributed by atoms with E-state index in [0.717, 1.165) is 37.2 Å². The Morgan fingerprint density at radius 1 is 1.00 bits per heavy atom. The van der Waals surface area contributed by atoms with E-state index in [1.807, 2.05) is 43.3 Å². The van der Waals surface area contributed by atoms with Crippen molar-refractivity contribution in [3.8, 4) is 0 Å². The van der Waals surface area contributed by atoms with Crippen molar-refractivity contribution in [1.82, 2.24) is 0 Å². The van der Waals surface area contributed by atoms with E-state index in [1.165, 1.54) is 6.92 Å². The summed E-state index contributed by atoms with van der Waals surface area (Å²) in [5.41, 5.74) is 4.03. The van der Waals surface area contributed by atoms with Crippen molar-refractivity contribution >= 4 is 28.9 Å². The Balaban J connectivity index is 2.09. The molecule has 5 nitrogen and oxygen atoms in total. The summed E-state index contributed by atoms with van der Waals surface area (Å²) in [7, 11) is 0. The zero-order valence-corrected chi connectivity index (χ0v) is 16.6. The predicted octanol–water partition coefficient (Wildman–Crippen LogP) is 4.83. The van der Waals surface area contributed by atoms with Gasteiger partial charge in [-0.1, -0.05) is 19.4 Å². The average molecular weight is 367 g/mol. The van der Waals surface area contributed by atoms with Crippen LogP contribution in [0.3, 0.4) is 0 Å². The summed E-state index contributed by atoms with van der Waals surface area (Å²) >= 11 is 0. The standard InChI is InChI=1S/C22H29N3O2/c1-5-7-14-25(6-2)20-12-9-18(10-13-20)22(27)24-19-11-8-16(3)21(15-19)23-17(4)26/h8-13,15H,5-7,14H2,1-4H3,(H,23,26)(H,24,27). The maximum Gasteiger partial charge on any atom is 0.255 e. The lowest BCUT2D eigenvalue weighted by Crippen LogP contribution is -2.23. The maximum absolute atomic E-state index is 12.5. The Kier molecular flexibility index (Phi) is 7.41. The lowest BCUT2D eigenvalue weighted by Gasteiger charge is -2.23. The van der Waals surface area contributed by atoms with Crippen LogP contribution in [0, 0.1) is 6.92 Å². The zero-order valence-electron chi connectivity index (χ0n) is 16.6. The number of nitrogens with zero attached hydrogens (tertiary/aromatic N) is 1. The minimum absolute atomic E-state index is 0.138. The number of carbonyl (C=O) groups is 2. The number of aryl methyl sites for hydroxylation is 1. The van der Waals surface area contributed by atoms with Crippen molar-refractivity contribution in [2.75, 3.05) is 28.6 Å². The summed E-state index contributed by atoms with van der Waals surface area (Å²) in [6.45, 7) is 9.67. The van der Waals surface area contributed by atoms with E-state index in [-0.39, 0.29) is 11.8 Å². The molecule has 0 aliphatic rings. The second-order valence-corrected chi connectivity index (χ2v) is 6.65. The molecule has 0 radical (unpaired) electrons. The smallest absolute Gasteiger partial charge is 0.255 e. The largest absolute Gasteiger partial charge is 0.372 e. The van der Waals surface area contributed by atoms with Crippen LogP contribution in [0.25, 0.3) is 0 Å². The van der Waals surface area contributed by atoms with Crippen LogP contribution in [0.5, 0.6) is 0 Å². The van der Waals surface area contributed by atoms with Gasteiger partial charge in [0.15, 0.2) is 0 Å². The average Bonchev–Trinajstić information content (AvgIpc) is 2.65. The van der Waals surface area contributed by atoms with Crippen LogP contribution < -0.4 is 15.5 Å². The van der Waals surface area contributed by atoms with Crippen molar-refractivity contribution < 1.29 is 9.59 Å². The topological polar surface area (TPSA) is 61.4 Å². The summed E-state index contributed by atoms with van der Waals surface area (Å²) in [5, 5.41) is 5.67. The van der Waals surface area contributed by atoms with Gasteiger partial charge in [0.05, 0.1) is 0 Å². The van der Waals surface area contributed by atoms with Crippen LogP contribution in [0.15, 0.2) is 42.5 Å². The molecule has 0 spiro atoms. The monoisotopic (exact) mass is 367 g/mol. The van der Waals surface area contributed by atoms with Crippen LogP contribution in [-0.2, 0) is 4.79 Å². The van der Waals surface area contributed by atoms with Crippen molar-refractivity contribution in [2.45, 2.75) is 40.5 Å². The van der Waals surface area contributed by atoms with Crippen LogP contribution in [0.4, 0.5) is 17.1 Å². The molecule has 2 amide bonds. The third-order valence-corrected chi connectivity index (χ3v) is 4.46. The number of benzene rings is 2. The summed E-state index contributed by atoms with van der Waals surface area (Å²) in [5.74, 6) is -0.309. The molecule has 0 aliphatic heterocycles. The highest BCUT2D eigenvalue weighted by atomic mass is 16.2. The Labute approximate surface area is 161 Å². The van der Waals surface area contributed by atoms with E-state index in [1.54, 1.807) is 6.07 Å². The molecule has 2 aromatic carbocycles. The number of rotatable bonds is 8. The van der Waals surface area contributed by atoms with Crippen molar-refractivity contribution in [3.05, 3.63) is 53.6 Å². The molecule has 2 N–H and O–H groups in total. The van der Waals surface area contributed by atoms with Crippen LogP contribution >= 0.6 is 0 Å². The lowest BCUT2D eigenvalue weighted by molar-refractivity contribution is -0.114. The van der Waals surface area contributed by atoms with Crippen LogP contribution in [0.2, 0.25) is 0 Å². The fraction of sp³-hybridized carbons (Fsp3) is 0.364. The minimum Gasteiger partial charge on any atom is -0.372 e. The molecule has 0 unspecified atom stereocenters. The SMILES string of the molecule is CCCCN(CC)c1ccc(C(=O)Nc2ccc(C)c(NC(C)=O)c2)cc1. The van der Waals surface area contributed by atoms with Gasteiger partial charge in [-0.25, -0.2) is 0 Å². The Morgan fingerprint density at radius 2 is 1.70 bits per heavy atom. The number of amides is 2. The summed E-state index contributed by atoms with van der Waals surface area (Å²) in [4.78, 5) is 26.1. The fourth-order valence-corrected chi connectivity index (χ4v) is 2.87. The second kappa shape index (κ2) is 9.76. The van der Waals surface area contributed by atoms with Crippen molar-refractivity contribution in [2.24, 2.45) is 0 Å². The summed E-state index contributed by atoms with van der Waals surface area (Å²) in [6.07, 6.45) is 2.31. The van der Waals surface area contributed by atoms with Gasteiger partial charge in [0.1, 0.15) is 0 Å². The first-order chi connectivity index (χ1) is 12.9. The number of nitrogens with one attached hydrogen (secondary N) is 2. The van der Waals surface area contributed by atoms with Gasteiger partial charge in [-0.15, -0.1) is 0 Å². The molecule has 2 aromatic rings. The van der Waals surface area contributed by atoms with Gasteiger partial charge < -0.3 is 15.5 Å². The zero-order chi connectivity index (χ0) is 19.8. The minimum atomic E-state index is -0.171. The molecule has 27 heavy (non-hydrogen) atoms. The molecule has 0 bridgehead atoms. The van der Waals surface area contributed by atoms with E-state index >= 15 is 0 Å². The van der Waals surface area contributed by atoms with E-state index in [4.69, 9.17) is 0 Å². The molecule has 0 heterocycles. The maximum atomic E-state index is 12.5. The van der Waals surface area contributed by atoms with Gasteiger partial charge in [0, 0.05) is 42.6 Å². The third-order valence-electron chi connectivity index (χ3n) is 4.46. The van der Waals surface area contributed by atoms with Gasteiger partial charge in [-0.05, 0) is 62.2 Å². The summed E-state index contributed by atoms with van der Waals surface area (Å²) < 4.78 is 0. The first-order valence-corrected chi connectivity index (χ1v) is 9.49. The second-order valence-electron chi connectivity index (χ2n) is 6.65. The van der Waals surface area contributed by atoms with Gasteiger partial charge in [0.2, 0.25) is 5.91 Å². The molecule has 0 atom stereocenters. The molecule has 5 heteroatoms. The third kappa shape index (κ3) is 5.84.